The maximum absolute atomic E-state index is 12.7. The number of rotatable bonds is 8. The molecule has 32 heavy (non-hydrogen) atoms. The summed E-state index contributed by atoms with van der Waals surface area (Å²) in [5, 5.41) is 8.59. The monoisotopic (exact) mass is 472 g/mol. The van der Waals surface area contributed by atoms with Crippen molar-refractivity contribution in [2.45, 2.75) is 39.8 Å². The minimum atomic E-state index is -0.768. The molecule has 0 spiro atoms. The highest BCUT2D eigenvalue weighted by Crippen LogP contribution is 2.23. The molecular weight excluding hydrogens is 447 g/mol. The van der Waals surface area contributed by atoms with Crippen LogP contribution in [0.15, 0.2) is 53.8 Å². The average molecular weight is 473 g/mol. The number of fused-ring (bicyclic) bond motifs is 1. The van der Waals surface area contributed by atoms with Gasteiger partial charge in [-0.15, -0.1) is 0 Å². The summed E-state index contributed by atoms with van der Waals surface area (Å²) in [5.41, 5.74) is 4.91. The lowest BCUT2D eigenvalue weighted by Crippen LogP contribution is -2.48. The van der Waals surface area contributed by atoms with Gasteiger partial charge < -0.3 is 9.88 Å². The maximum Gasteiger partial charge on any atom is 0.262 e. The number of carbonyl (C=O) groups excluding carboxylic acids is 2. The van der Waals surface area contributed by atoms with Crippen molar-refractivity contribution in [1.82, 2.24) is 15.3 Å². The standard InChI is InChI=1S/C24H26Cl2N4O2/c1-4-11-30-14-17(18-7-5-6-8-21(18)30)13-27-29-24(32)22(15(2)3)28-23(31)16-9-10-19(25)20(26)12-16/h5-10,12-15,22H,4,11H2,1-3H3,(H,28,31)(H,29,32)/b27-13-. The Kier molecular flexibility index (Phi) is 7.94. The molecule has 1 unspecified atom stereocenters. The fraction of sp³-hybridized carbons (Fsp3) is 0.292. The summed E-state index contributed by atoms with van der Waals surface area (Å²) in [5.74, 6) is -0.964. The Balaban J connectivity index is 1.71. The van der Waals surface area contributed by atoms with E-state index in [2.05, 4.69) is 33.4 Å². The summed E-state index contributed by atoms with van der Waals surface area (Å²) in [6.45, 7) is 6.72. The zero-order valence-electron chi connectivity index (χ0n) is 18.2. The van der Waals surface area contributed by atoms with E-state index in [1.54, 1.807) is 18.3 Å². The largest absolute Gasteiger partial charge is 0.347 e. The molecule has 0 fully saturated rings. The summed E-state index contributed by atoms with van der Waals surface area (Å²) in [6.07, 6.45) is 4.67. The molecule has 0 aliphatic heterocycles. The van der Waals surface area contributed by atoms with Gasteiger partial charge in [0.05, 0.1) is 16.3 Å². The van der Waals surface area contributed by atoms with Crippen LogP contribution in [0.3, 0.4) is 0 Å². The van der Waals surface area contributed by atoms with Crippen LogP contribution in [0.5, 0.6) is 0 Å². The molecule has 1 atom stereocenters. The van der Waals surface area contributed by atoms with Gasteiger partial charge in [0.2, 0.25) is 0 Å². The molecule has 0 radical (unpaired) electrons. The van der Waals surface area contributed by atoms with Crippen LogP contribution in [-0.4, -0.2) is 28.6 Å². The molecule has 2 N–H and O–H groups in total. The van der Waals surface area contributed by atoms with Gasteiger partial charge in [0.25, 0.3) is 11.8 Å². The molecule has 0 aliphatic rings. The number of aromatic nitrogens is 1. The number of nitrogens with one attached hydrogen (secondary N) is 2. The van der Waals surface area contributed by atoms with Gasteiger partial charge in [-0.25, -0.2) is 5.43 Å². The van der Waals surface area contributed by atoms with Crippen molar-refractivity contribution in [1.29, 1.82) is 0 Å². The van der Waals surface area contributed by atoms with E-state index in [4.69, 9.17) is 23.2 Å². The fourth-order valence-electron chi connectivity index (χ4n) is 3.44. The molecular formula is C24H26Cl2N4O2. The van der Waals surface area contributed by atoms with Crippen LogP contribution in [0.1, 0.15) is 43.1 Å². The van der Waals surface area contributed by atoms with Crippen LogP contribution in [-0.2, 0) is 11.3 Å². The first kappa shape index (κ1) is 23.8. The van der Waals surface area contributed by atoms with Gasteiger partial charge in [0.15, 0.2) is 0 Å². The number of halogens is 2. The lowest BCUT2D eigenvalue weighted by Gasteiger charge is -2.20. The van der Waals surface area contributed by atoms with Crippen LogP contribution in [0.2, 0.25) is 10.0 Å². The van der Waals surface area contributed by atoms with Gasteiger partial charge in [0.1, 0.15) is 6.04 Å². The van der Waals surface area contributed by atoms with Crippen molar-refractivity contribution in [3.63, 3.8) is 0 Å². The van der Waals surface area contributed by atoms with E-state index in [9.17, 15) is 9.59 Å². The first-order valence-corrected chi connectivity index (χ1v) is 11.2. The van der Waals surface area contributed by atoms with Crippen molar-refractivity contribution in [3.8, 4) is 0 Å². The third-order valence-corrected chi connectivity index (χ3v) is 5.82. The molecule has 1 aromatic heterocycles. The third kappa shape index (κ3) is 5.50. The minimum absolute atomic E-state index is 0.150. The van der Waals surface area contributed by atoms with Crippen LogP contribution in [0.4, 0.5) is 0 Å². The topological polar surface area (TPSA) is 75.5 Å². The van der Waals surface area contributed by atoms with Crippen LogP contribution < -0.4 is 10.7 Å². The number of carbonyl (C=O) groups is 2. The number of aryl methyl sites for hydroxylation is 1. The molecule has 0 aliphatic carbocycles. The molecule has 3 rings (SSSR count). The minimum Gasteiger partial charge on any atom is -0.347 e. The second kappa shape index (κ2) is 10.7. The van der Waals surface area contributed by atoms with Crippen LogP contribution in [0, 0.1) is 5.92 Å². The summed E-state index contributed by atoms with van der Waals surface area (Å²) < 4.78 is 2.17. The summed E-state index contributed by atoms with van der Waals surface area (Å²) in [4.78, 5) is 25.3. The van der Waals surface area contributed by atoms with E-state index in [-0.39, 0.29) is 10.9 Å². The number of hydrogen-bond donors (Lipinski definition) is 2. The number of hydrogen-bond acceptors (Lipinski definition) is 3. The van der Waals surface area contributed by atoms with Gasteiger partial charge in [-0.05, 0) is 36.6 Å². The van der Waals surface area contributed by atoms with Crippen molar-refractivity contribution < 1.29 is 9.59 Å². The van der Waals surface area contributed by atoms with Crippen molar-refractivity contribution in [2.75, 3.05) is 0 Å². The summed E-state index contributed by atoms with van der Waals surface area (Å²) in [6, 6.07) is 11.9. The second-order valence-electron chi connectivity index (χ2n) is 7.85. The Morgan fingerprint density at radius 2 is 1.88 bits per heavy atom. The highest BCUT2D eigenvalue weighted by atomic mass is 35.5. The van der Waals surface area contributed by atoms with Gasteiger partial charge in [-0.1, -0.05) is 62.2 Å². The highest BCUT2D eigenvalue weighted by molar-refractivity contribution is 6.42. The molecule has 8 heteroatoms. The third-order valence-electron chi connectivity index (χ3n) is 5.08. The Morgan fingerprint density at radius 1 is 1.12 bits per heavy atom. The van der Waals surface area contributed by atoms with Gasteiger partial charge in [-0.2, -0.15) is 5.10 Å². The lowest BCUT2D eigenvalue weighted by molar-refractivity contribution is -0.123. The zero-order chi connectivity index (χ0) is 23.3. The quantitative estimate of drug-likeness (QED) is 0.346. The van der Waals surface area contributed by atoms with E-state index in [0.717, 1.165) is 29.4 Å². The molecule has 6 nitrogen and oxygen atoms in total. The second-order valence-corrected chi connectivity index (χ2v) is 8.67. The van der Waals surface area contributed by atoms with Crippen molar-refractivity contribution in [2.24, 2.45) is 11.0 Å². The molecule has 168 valence electrons. The Labute approximate surface area is 197 Å². The van der Waals surface area contributed by atoms with E-state index < -0.39 is 17.9 Å². The Hall–Kier alpha value is -2.83. The van der Waals surface area contributed by atoms with E-state index in [1.165, 1.54) is 6.07 Å². The highest BCUT2D eigenvalue weighted by Gasteiger charge is 2.24. The number of nitrogens with zero attached hydrogens (tertiary/aromatic N) is 2. The first-order valence-electron chi connectivity index (χ1n) is 10.5. The molecule has 1 heterocycles. The zero-order valence-corrected chi connectivity index (χ0v) is 19.7. The summed E-state index contributed by atoms with van der Waals surface area (Å²) in [7, 11) is 0. The van der Waals surface area contributed by atoms with Gasteiger partial charge in [-0.3, -0.25) is 9.59 Å². The van der Waals surface area contributed by atoms with Gasteiger partial charge >= 0.3 is 0 Å². The molecule has 2 aromatic carbocycles. The fourth-order valence-corrected chi connectivity index (χ4v) is 3.73. The Bertz CT molecular complexity index is 1150. The SMILES string of the molecule is CCCn1cc(/C=N\NC(=O)C(NC(=O)c2ccc(Cl)c(Cl)c2)C(C)C)c2ccccc21. The molecule has 0 bridgehead atoms. The lowest BCUT2D eigenvalue weighted by atomic mass is 10.0. The Morgan fingerprint density at radius 3 is 2.56 bits per heavy atom. The average Bonchev–Trinajstić information content (AvgIpc) is 3.11. The predicted molar refractivity (Wildman–Crippen MR) is 131 cm³/mol. The number of hydrazone groups is 1. The van der Waals surface area contributed by atoms with Gasteiger partial charge in [0, 0.05) is 34.8 Å². The molecule has 2 amide bonds. The first-order chi connectivity index (χ1) is 15.3. The maximum atomic E-state index is 12.7. The van der Waals surface area contributed by atoms with Crippen molar-refractivity contribution in [3.05, 3.63) is 69.8 Å². The number of benzene rings is 2. The normalized spacial score (nSPS) is 12.4. The summed E-state index contributed by atoms with van der Waals surface area (Å²) >= 11 is 11.9. The molecule has 0 saturated heterocycles. The predicted octanol–water partition coefficient (Wildman–Crippen LogP) is 5.26. The van der Waals surface area contributed by atoms with Crippen LogP contribution >= 0.6 is 23.2 Å². The van der Waals surface area contributed by atoms with Crippen molar-refractivity contribution >= 4 is 52.1 Å². The number of para-hydroxylation sites is 1. The number of amides is 2. The van der Waals surface area contributed by atoms with E-state index >= 15 is 0 Å². The van der Waals surface area contributed by atoms with E-state index in [1.807, 2.05) is 38.2 Å². The van der Waals surface area contributed by atoms with E-state index in [0.29, 0.717) is 10.6 Å². The smallest absolute Gasteiger partial charge is 0.262 e. The molecule has 3 aromatic rings. The van der Waals surface area contributed by atoms with Crippen LogP contribution in [0.25, 0.3) is 10.9 Å². The molecule has 0 saturated carbocycles.